The van der Waals surface area contributed by atoms with Crippen LogP contribution in [0.3, 0.4) is 0 Å². The van der Waals surface area contributed by atoms with E-state index < -0.39 is 24.6 Å². The maximum absolute atomic E-state index is 13.3. The van der Waals surface area contributed by atoms with Crippen molar-refractivity contribution in [1.29, 1.82) is 0 Å². The van der Waals surface area contributed by atoms with Crippen molar-refractivity contribution in [1.82, 2.24) is 9.44 Å². The second kappa shape index (κ2) is 22.4. The Kier molecular flexibility index (Phi) is 20.7. The fourth-order valence-electron chi connectivity index (χ4n) is 4.98. The predicted molar refractivity (Wildman–Crippen MR) is 171 cm³/mol. The van der Waals surface area contributed by atoms with Crippen LogP contribution >= 0.6 is 0 Å². The number of anilines is 1. The average molecular weight is 602 g/mol. The molecule has 0 aliphatic heterocycles. The first-order valence-electron chi connectivity index (χ1n) is 16.1. The van der Waals surface area contributed by atoms with Crippen molar-refractivity contribution in [3.05, 3.63) is 29.8 Å². The minimum Gasteiger partial charge on any atom is -0.399 e. The van der Waals surface area contributed by atoms with Crippen molar-refractivity contribution in [3.8, 4) is 0 Å². The summed E-state index contributed by atoms with van der Waals surface area (Å²) >= 11 is 0. The minimum absolute atomic E-state index is 0.195. The molecule has 0 amide bonds. The van der Waals surface area contributed by atoms with Gasteiger partial charge < -0.3 is 5.73 Å². The molecule has 0 atom stereocenters. The fourth-order valence-corrected chi connectivity index (χ4v) is 8.92. The molecule has 0 aromatic heterocycles. The molecule has 1 aromatic rings. The number of unbranched alkanes of at least 4 members (excludes halogenated alkanes) is 18. The Bertz CT molecular complexity index is 895. The van der Waals surface area contributed by atoms with Crippen LogP contribution in [-0.2, 0) is 20.0 Å². The Morgan fingerprint density at radius 1 is 0.525 bits per heavy atom. The van der Waals surface area contributed by atoms with Crippen LogP contribution in [0.5, 0.6) is 0 Å². The summed E-state index contributed by atoms with van der Waals surface area (Å²) < 4.78 is 56.5. The highest BCUT2D eigenvalue weighted by atomic mass is 32.3. The van der Waals surface area contributed by atoms with E-state index in [1.165, 1.54) is 101 Å². The molecule has 40 heavy (non-hydrogen) atoms. The molecule has 0 bridgehead atoms. The number of nitrogens with one attached hydrogen (secondary N) is 2. The second-order valence-corrected chi connectivity index (χ2v) is 15.2. The zero-order valence-electron chi connectivity index (χ0n) is 25.5. The van der Waals surface area contributed by atoms with Gasteiger partial charge in [-0.05, 0) is 30.5 Å². The Morgan fingerprint density at radius 3 is 1.15 bits per heavy atom. The van der Waals surface area contributed by atoms with Crippen molar-refractivity contribution >= 4 is 25.7 Å². The van der Waals surface area contributed by atoms with Crippen LogP contribution in [0.4, 0.5) is 5.69 Å². The summed E-state index contributed by atoms with van der Waals surface area (Å²) in [6, 6.07) is 6.05. The molecule has 0 saturated carbocycles. The van der Waals surface area contributed by atoms with E-state index in [-0.39, 0.29) is 18.7 Å². The summed E-state index contributed by atoms with van der Waals surface area (Å²) in [7, 11) is -8.32. The van der Waals surface area contributed by atoms with Gasteiger partial charge in [0.1, 0.15) is 0 Å². The maximum atomic E-state index is 13.3. The van der Waals surface area contributed by atoms with Gasteiger partial charge >= 0.3 is 0 Å². The topological polar surface area (TPSA) is 118 Å². The first-order chi connectivity index (χ1) is 19.2. The van der Waals surface area contributed by atoms with Crippen molar-refractivity contribution in [2.45, 2.75) is 147 Å². The molecule has 0 aliphatic carbocycles. The van der Waals surface area contributed by atoms with Crippen LogP contribution in [-0.4, -0.2) is 29.9 Å². The minimum atomic E-state index is -4.16. The first-order valence-corrected chi connectivity index (χ1v) is 19.2. The Labute approximate surface area is 247 Å². The number of nitrogen functional groups attached to an aromatic ring is 1. The van der Waals surface area contributed by atoms with Crippen molar-refractivity contribution < 1.29 is 16.8 Å². The van der Waals surface area contributed by atoms with Crippen LogP contribution < -0.4 is 15.2 Å². The molecule has 0 spiro atoms. The van der Waals surface area contributed by atoms with Crippen molar-refractivity contribution in [2.75, 3.05) is 18.8 Å². The number of hydrogen-bond acceptors (Lipinski definition) is 5. The van der Waals surface area contributed by atoms with Gasteiger partial charge in [0.2, 0.25) is 24.6 Å². The molecule has 0 aliphatic rings. The molecule has 234 valence electrons. The maximum Gasteiger partial charge on any atom is 0.234 e. The number of hydrogen-bond donors (Lipinski definition) is 3. The van der Waals surface area contributed by atoms with Crippen LogP contribution in [0.15, 0.2) is 24.3 Å². The molecule has 0 heterocycles. The molecule has 9 heteroatoms. The van der Waals surface area contributed by atoms with Gasteiger partial charge in [-0.15, -0.1) is 0 Å². The first kappa shape index (κ1) is 36.9. The molecule has 0 fully saturated rings. The standard InChI is InChI=1S/C31H59N3O4S2/c1-3-5-7-9-11-13-15-17-19-21-27-33-39(35,36)31(29-23-25-30(32)26-24-29)40(37,38)34-28-22-20-18-16-14-12-10-8-6-4-2/h23-26,31,33-34H,3-22,27-28,32H2,1-2H3. The highest BCUT2D eigenvalue weighted by Gasteiger charge is 2.38. The smallest absolute Gasteiger partial charge is 0.234 e. The second-order valence-electron chi connectivity index (χ2n) is 11.2. The molecular weight excluding hydrogens is 542 g/mol. The lowest BCUT2D eigenvalue weighted by molar-refractivity contribution is 0.541. The van der Waals surface area contributed by atoms with E-state index in [0.717, 1.165) is 38.5 Å². The van der Waals surface area contributed by atoms with Crippen molar-refractivity contribution in [3.63, 3.8) is 0 Å². The van der Waals surface area contributed by atoms with Crippen LogP contribution in [0.2, 0.25) is 0 Å². The Hall–Kier alpha value is -1.16. The lowest BCUT2D eigenvalue weighted by atomic mass is 10.1. The summed E-state index contributed by atoms with van der Waals surface area (Å²) in [5, 5.41) is 0. The number of rotatable bonds is 27. The van der Waals surface area contributed by atoms with Crippen LogP contribution in [0.1, 0.15) is 152 Å². The normalized spacial score (nSPS) is 12.4. The SMILES string of the molecule is CCCCCCCCCCCCNS(=O)(=O)C(c1ccc(N)cc1)S(=O)(=O)NCCCCCCCCCCCC. The summed E-state index contributed by atoms with van der Waals surface area (Å²) in [6.45, 7) is 4.91. The number of benzene rings is 1. The average Bonchev–Trinajstić information content (AvgIpc) is 2.91. The largest absolute Gasteiger partial charge is 0.399 e. The van der Waals surface area contributed by atoms with E-state index in [1.807, 2.05) is 0 Å². The molecule has 7 nitrogen and oxygen atoms in total. The van der Waals surface area contributed by atoms with E-state index in [0.29, 0.717) is 18.5 Å². The third kappa shape index (κ3) is 16.9. The summed E-state index contributed by atoms with van der Waals surface area (Å²) in [6.07, 6.45) is 23.0. The van der Waals surface area contributed by atoms with Gasteiger partial charge in [-0.2, -0.15) is 0 Å². The van der Waals surface area contributed by atoms with Gasteiger partial charge in [0.05, 0.1) is 0 Å². The number of sulfonamides is 2. The zero-order chi connectivity index (χ0) is 29.5. The van der Waals surface area contributed by atoms with Gasteiger partial charge in [0, 0.05) is 18.8 Å². The van der Waals surface area contributed by atoms with Crippen LogP contribution in [0, 0.1) is 0 Å². The predicted octanol–water partition coefficient (Wildman–Crippen LogP) is 7.95. The van der Waals surface area contributed by atoms with E-state index in [4.69, 9.17) is 5.73 Å². The monoisotopic (exact) mass is 601 g/mol. The molecule has 0 unspecified atom stereocenters. The highest BCUT2D eigenvalue weighted by Crippen LogP contribution is 2.28. The summed E-state index contributed by atoms with van der Waals surface area (Å²) in [5.74, 6) is 0. The molecule has 0 saturated heterocycles. The lowest BCUT2D eigenvalue weighted by Crippen LogP contribution is -2.40. The van der Waals surface area contributed by atoms with E-state index in [2.05, 4.69) is 23.3 Å². The zero-order valence-corrected chi connectivity index (χ0v) is 27.1. The molecule has 1 aromatic carbocycles. The van der Waals surface area contributed by atoms with Gasteiger partial charge in [0.25, 0.3) is 0 Å². The van der Waals surface area contributed by atoms with Gasteiger partial charge in [-0.3, -0.25) is 0 Å². The summed E-state index contributed by atoms with van der Waals surface area (Å²) in [5.41, 5.74) is 6.42. The van der Waals surface area contributed by atoms with Gasteiger partial charge in [-0.1, -0.05) is 142 Å². The van der Waals surface area contributed by atoms with Gasteiger partial charge in [0.15, 0.2) is 0 Å². The lowest BCUT2D eigenvalue weighted by Gasteiger charge is -2.20. The third-order valence-electron chi connectivity index (χ3n) is 7.44. The molecule has 4 N–H and O–H groups in total. The van der Waals surface area contributed by atoms with E-state index in [1.54, 1.807) is 0 Å². The molecular formula is C31H59N3O4S2. The quantitative estimate of drug-likeness (QED) is 0.0698. The van der Waals surface area contributed by atoms with Crippen molar-refractivity contribution in [2.24, 2.45) is 0 Å². The summed E-state index contributed by atoms with van der Waals surface area (Å²) in [4.78, 5) is 0. The molecule has 1 rings (SSSR count). The Morgan fingerprint density at radius 2 is 0.825 bits per heavy atom. The highest BCUT2D eigenvalue weighted by molar-refractivity contribution is 8.06. The van der Waals surface area contributed by atoms with E-state index >= 15 is 0 Å². The third-order valence-corrected chi connectivity index (χ3v) is 11.8. The van der Waals surface area contributed by atoms with E-state index in [9.17, 15) is 16.8 Å². The Balaban J connectivity index is 2.51. The number of nitrogens with two attached hydrogens (primary N) is 1. The molecule has 0 radical (unpaired) electrons. The van der Waals surface area contributed by atoms with Crippen LogP contribution in [0.25, 0.3) is 0 Å². The van der Waals surface area contributed by atoms with Gasteiger partial charge in [-0.25, -0.2) is 26.3 Å². The fraction of sp³-hybridized carbons (Fsp3) is 0.806.